The van der Waals surface area contributed by atoms with E-state index >= 15 is 0 Å². The van der Waals surface area contributed by atoms with E-state index in [1.165, 1.54) is 18.7 Å². The van der Waals surface area contributed by atoms with Crippen LogP contribution >= 0.6 is 0 Å². The van der Waals surface area contributed by atoms with Gasteiger partial charge in [-0.25, -0.2) is 13.6 Å². The van der Waals surface area contributed by atoms with Crippen molar-refractivity contribution < 1.29 is 17.9 Å². The molecule has 0 saturated heterocycles. The number of hydrogen-bond donors (Lipinski definition) is 2. The van der Waals surface area contributed by atoms with Gasteiger partial charge in [0.15, 0.2) is 0 Å². The number of carbonyl (C=O) groups is 1. The van der Waals surface area contributed by atoms with Crippen LogP contribution < -0.4 is 15.2 Å². The largest absolute Gasteiger partial charge is 0.495 e. The Kier molecular flexibility index (Phi) is 3.86. The molecule has 134 valence electrons. The molecule has 2 aliphatic rings. The monoisotopic (exact) mass is 370 g/mol. The minimum absolute atomic E-state index is 0.0650. The van der Waals surface area contributed by atoms with Gasteiger partial charge < -0.3 is 10.1 Å². The molecule has 0 unspecified atom stereocenters. The quantitative estimate of drug-likeness (QED) is 0.812. The number of nitrogens with two attached hydrogens (primary N) is 1. The molecule has 2 aromatic carbocycles. The first-order valence-corrected chi connectivity index (χ1v) is 9.83. The van der Waals surface area contributed by atoms with E-state index in [-0.39, 0.29) is 16.6 Å². The van der Waals surface area contributed by atoms with E-state index in [1.807, 2.05) is 18.2 Å². The molecule has 1 amide bonds. The maximum atomic E-state index is 12.3. The van der Waals surface area contributed by atoms with Gasteiger partial charge in [-0.2, -0.15) is 0 Å². The van der Waals surface area contributed by atoms with Crippen LogP contribution in [0.15, 0.2) is 46.9 Å². The molecule has 0 bridgehead atoms. The van der Waals surface area contributed by atoms with Gasteiger partial charge in [0.2, 0.25) is 10.0 Å². The minimum atomic E-state index is -3.92. The molecule has 3 N–H and O–H groups in total. The average molecular weight is 370 g/mol. The summed E-state index contributed by atoms with van der Waals surface area (Å²) in [5, 5.41) is 8.20. The molecular weight excluding hydrogens is 352 g/mol. The lowest BCUT2D eigenvalue weighted by Crippen LogP contribution is -2.13. The Bertz CT molecular complexity index is 1060. The van der Waals surface area contributed by atoms with Gasteiger partial charge in [-0.1, -0.05) is 23.8 Å². The summed E-state index contributed by atoms with van der Waals surface area (Å²) in [6.07, 6.45) is 2.98. The fraction of sp³-hybridized carbons (Fsp3) is 0.211. The smallest absolute Gasteiger partial charge is 0.256 e. The zero-order valence-corrected chi connectivity index (χ0v) is 15.0. The van der Waals surface area contributed by atoms with Crippen molar-refractivity contribution >= 4 is 27.2 Å². The number of allylic oxidation sites excluding steroid dienone is 1. The highest BCUT2D eigenvalue weighted by Crippen LogP contribution is 2.43. The molecule has 2 aromatic rings. The number of para-hydroxylation sites is 1. The van der Waals surface area contributed by atoms with Crippen molar-refractivity contribution in [1.29, 1.82) is 0 Å². The second-order valence-electron chi connectivity index (χ2n) is 6.43. The number of anilines is 1. The zero-order valence-electron chi connectivity index (χ0n) is 14.2. The van der Waals surface area contributed by atoms with Crippen LogP contribution in [0.25, 0.3) is 16.7 Å². The summed E-state index contributed by atoms with van der Waals surface area (Å²) in [7, 11) is -2.51. The van der Waals surface area contributed by atoms with Gasteiger partial charge in [0.25, 0.3) is 5.91 Å². The number of fused-ring (bicyclic) bond motifs is 1. The molecule has 0 radical (unpaired) electrons. The van der Waals surface area contributed by atoms with E-state index in [1.54, 1.807) is 12.1 Å². The number of methoxy groups -OCH3 is 1. The summed E-state index contributed by atoms with van der Waals surface area (Å²) >= 11 is 0. The van der Waals surface area contributed by atoms with E-state index in [0.29, 0.717) is 5.56 Å². The number of hydrogen-bond acceptors (Lipinski definition) is 4. The fourth-order valence-corrected chi connectivity index (χ4v) is 4.19. The second-order valence-corrected chi connectivity index (χ2v) is 7.96. The first-order valence-electron chi connectivity index (χ1n) is 8.28. The van der Waals surface area contributed by atoms with E-state index in [9.17, 15) is 13.2 Å². The van der Waals surface area contributed by atoms with Crippen molar-refractivity contribution in [3.8, 4) is 16.9 Å². The van der Waals surface area contributed by atoms with Crippen LogP contribution in [-0.2, 0) is 14.8 Å². The highest BCUT2D eigenvalue weighted by atomic mass is 32.2. The molecule has 0 atom stereocenters. The molecule has 1 aliphatic carbocycles. The fourth-order valence-electron chi connectivity index (χ4n) is 3.47. The Balaban J connectivity index is 1.90. The van der Waals surface area contributed by atoms with Gasteiger partial charge in [-0.05, 0) is 43.0 Å². The van der Waals surface area contributed by atoms with Gasteiger partial charge in [0, 0.05) is 22.4 Å². The number of ether oxygens (including phenoxy) is 1. The lowest BCUT2D eigenvalue weighted by Gasteiger charge is -2.19. The number of benzene rings is 2. The topological polar surface area (TPSA) is 98.5 Å². The van der Waals surface area contributed by atoms with Crippen molar-refractivity contribution in [3.63, 3.8) is 0 Å². The summed E-state index contributed by atoms with van der Waals surface area (Å²) in [4.78, 5) is 12.3. The molecule has 1 heterocycles. The Labute approximate surface area is 151 Å². The Morgan fingerprint density at radius 1 is 1.12 bits per heavy atom. The van der Waals surface area contributed by atoms with Crippen LogP contribution in [0.3, 0.4) is 0 Å². The first-order chi connectivity index (χ1) is 12.4. The highest BCUT2D eigenvalue weighted by Gasteiger charge is 2.30. The minimum Gasteiger partial charge on any atom is -0.495 e. The number of rotatable bonds is 3. The molecule has 0 spiro atoms. The molecule has 7 heteroatoms. The summed E-state index contributed by atoms with van der Waals surface area (Å²) in [5.74, 6) is 0.127. The first kappa shape index (κ1) is 16.8. The number of nitrogens with one attached hydrogen (secondary N) is 1. The van der Waals surface area contributed by atoms with Crippen LogP contribution in [0, 0.1) is 0 Å². The van der Waals surface area contributed by atoms with Gasteiger partial charge in [0.05, 0.1) is 7.11 Å². The number of sulfonamides is 1. The normalized spacial score (nSPS) is 16.2. The molecule has 1 aliphatic heterocycles. The molecule has 26 heavy (non-hydrogen) atoms. The molecule has 0 aromatic heterocycles. The average Bonchev–Trinajstić information content (AvgIpc) is 2.87. The Morgan fingerprint density at radius 2 is 1.88 bits per heavy atom. The summed E-state index contributed by atoms with van der Waals surface area (Å²) in [5.41, 5.74) is 4.91. The maximum absolute atomic E-state index is 12.3. The molecule has 1 saturated carbocycles. The van der Waals surface area contributed by atoms with E-state index in [0.717, 1.165) is 41.6 Å². The summed E-state index contributed by atoms with van der Waals surface area (Å²) < 4.78 is 29.1. The van der Waals surface area contributed by atoms with Crippen molar-refractivity contribution in [1.82, 2.24) is 0 Å². The van der Waals surface area contributed by atoms with E-state index in [2.05, 4.69) is 5.32 Å². The Morgan fingerprint density at radius 3 is 2.50 bits per heavy atom. The summed E-state index contributed by atoms with van der Waals surface area (Å²) in [6, 6.07) is 10.4. The van der Waals surface area contributed by atoms with Crippen LogP contribution in [0.1, 0.15) is 24.8 Å². The predicted octanol–water partition coefficient (Wildman–Crippen LogP) is 2.90. The Hall–Kier alpha value is -2.64. The lowest BCUT2D eigenvalue weighted by molar-refractivity contribution is -0.110. The van der Waals surface area contributed by atoms with Crippen LogP contribution in [-0.4, -0.2) is 21.4 Å². The predicted molar refractivity (Wildman–Crippen MR) is 99.2 cm³/mol. The van der Waals surface area contributed by atoms with E-state index in [4.69, 9.17) is 9.88 Å². The van der Waals surface area contributed by atoms with Crippen LogP contribution in [0.4, 0.5) is 5.69 Å². The van der Waals surface area contributed by atoms with Crippen LogP contribution in [0.5, 0.6) is 5.75 Å². The van der Waals surface area contributed by atoms with Gasteiger partial charge in [-0.15, -0.1) is 0 Å². The van der Waals surface area contributed by atoms with Gasteiger partial charge >= 0.3 is 0 Å². The van der Waals surface area contributed by atoms with Gasteiger partial charge in [0.1, 0.15) is 10.6 Å². The van der Waals surface area contributed by atoms with Crippen molar-refractivity contribution in [2.75, 3.05) is 12.4 Å². The molecule has 6 nitrogen and oxygen atoms in total. The molecule has 1 fully saturated rings. The van der Waals surface area contributed by atoms with Crippen molar-refractivity contribution in [2.24, 2.45) is 5.14 Å². The molecule has 4 rings (SSSR count). The lowest BCUT2D eigenvalue weighted by atomic mass is 9.85. The molecular formula is C19H18N2O4S. The SMILES string of the molecule is COc1c(-c2ccc3c(c2)C(=C2CCC2)C(=O)N3)cccc1S(N)(=O)=O. The second kappa shape index (κ2) is 5.96. The number of amides is 1. The van der Waals surface area contributed by atoms with E-state index < -0.39 is 10.0 Å². The van der Waals surface area contributed by atoms with Crippen molar-refractivity contribution in [2.45, 2.75) is 24.2 Å². The number of carbonyl (C=O) groups excluding carboxylic acids is 1. The summed E-state index contributed by atoms with van der Waals surface area (Å²) in [6.45, 7) is 0. The number of primary sulfonamides is 1. The van der Waals surface area contributed by atoms with Crippen molar-refractivity contribution in [3.05, 3.63) is 47.5 Å². The maximum Gasteiger partial charge on any atom is 0.256 e. The third-order valence-electron chi connectivity index (χ3n) is 4.88. The third-order valence-corrected chi connectivity index (χ3v) is 5.81. The van der Waals surface area contributed by atoms with Gasteiger partial charge in [-0.3, -0.25) is 4.79 Å². The zero-order chi connectivity index (χ0) is 18.5. The standard InChI is InChI=1S/C19H18N2O4S/c1-25-18-13(6-3-7-16(18)26(20,23)24)12-8-9-15-14(10-12)17(19(22)21-15)11-4-2-5-11/h3,6-10H,2,4-5H2,1H3,(H,21,22)(H2,20,23,24). The third kappa shape index (κ3) is 2.60. The van der Waals surface area contributed by atoms with Crippen LogP contribution in [0.2, 0.25) is 0 Å². The highest BCUT2D eigenvalue weighted by molar-refractivity contribution is 7.89.